The minimum atomic E-state index is 0.119. The lowest BCUT2D eigenvalue weighted by atomic mass is 9.78. The maximum Gasteiger partial charge on any atom is 0.220 e. The molecule has 0 aliphatic heterocycles. The highest BCUT2D eigenvalue weighted by Gasteiger charge is 2.28. The van der Waals surface area contributed by atoms with Gasteiger partial charge in [-0.1, -0.05) is 26.7 Å². The molecule has 1 rings (SSSR count). The quantitative estimate of drug-likeness (QED) is 0.775. The van der Waals surface area contributed by atoms with E-state index < -0.39 is 0 Å². The van der Waals surface area contributed by atoms with Crippen LogP contribution in [-0.4, -0.2) is 18.0 Å². The smallest absolute Gasteiger partial charge is 0.220 e. The summed E-state index contributed by atoms with van der Waals surface area (Å²) in [7, 11) is 0. The van der Waals surface area contributed by atoms with Crippen molar-refractivity contribution >= 4 is 5.91 Å². The van der Waals surface area contributed by atoms with Crippen LogP contribution < -0.4 is 11.1 Å². The van der Waals surface area contributed by atoms with Crippen LogP contribution in [0.5, 0.6) is 0 Å². The molecule has 1 aliphatic rings. The van der Waals surface area contributed by atoms with Gasteiger partial charge in [-0.05, 0) is 38.0 Å². The van der Waals surface area contributed by atoms with Crippen LogP contribution in [0, 0.1) is 11.8 Å². The molecule has 1 saturated carbocycles. The molecule has 0 aromatic rings. The SMILES string of the molecule is CC(N)CCC(=O)NC1CCCCC1C(C)C. The van der Waals surface area contributed by atoms with Crippen LogP contribution in [0.15, 0.2) is 0 Å². The summed E-state index contributed by atoms with van der Waals surface area (Å²) in [5, 5.41) is 3.21. The van der Waals surface area contributed by atoms with Gasteiger partial charge in [0, 0.05) is 18.5 Å². The van der Waals surface area contributed by atoms with Crippen molar-refractivity contribution in [3.8, 4) is 0 Å². The number of carbonyl (C=O) groups excluding carboxylic acids is 1. The molecule has 100 valence electrons. The van der Waals surface area contributed by atoms with E-state index in [0.717, 1.165) is 12.8 Å². The van der Waals surface area contributed by atoms with Crippen LogP contribution in [0.4, 0.5) is 0 Å². The number of hydrogen-bond acceptors (Lipinski definition) is 2. The molecule has 0 radical (unpaired) electrons. The monoisotopic (exact) mass is 240 g/mol. The fourth-order valence-electron chi connectivity index (χ4n) is 2.77. The Bertz CT molecular complexity index is 238. The van der Waals surface area contributed by atoms with E-state index in [1.54, 1.807) is 0 Å². The van der Waals surface area contributed by atoms with Crippen LogP contribution in [0.2, 0.25) is 0 Å². The Morgan fingerprint density at radius 3 is 2.53 bits per heavy atom. The van der Waals surface area contributed by atoms with Gasteiger partial charge in [-0.3, -0.25) is 4.79 Å². The zero-order valence-corrected chi connectivity index (χ0v) is 11.5. The van der Waals surface area contributed by atoms with Crippen molar-refractivity contribution in [1.29, 1.82) is 0 Å². The zero-order valence-electron chi connectivity index (χ0n) is 11.5. The van der Waals surface area contributed by atoms with Gasteiger partial charge in [-0.15, -0.1) is 0 Å². The van der Waals surface area contributed by atoms with Crippen molar-refractivity contribution < 1.29 is 4.79 Å². The summed E-state index contributed by atoms with van der Waals surface area (Å²) in [4.78, 5) is 11.8. The molecule has 0 aromatic carbocycles. The molecular weight excluding hydrogens is 212 g/mol. The first-order valence-electron chi connectivity index (χ1n) is 7.05. The van der Waals surface area contributed by atoms with Crippen molar-refractivity contribution in [3.63, 3.8) is 0 Å². The molecule has 3 nitrogen and oxygen atoms in total. The van der Waals surface area contributed by atoms with Gasteiger partial charge in [0.2, 0.25) is 5.91 Å². The Morgan fingerprint density at radius 1 is 1.29 bits per heavy atom. The lowest BCUT2D eigenvalue weighted by Crippen LogP contribution is -2.44. The molecule has 3 heteroatoms. The van der Waals surface area contributed by atoms with Gasteiger partial charge >= 0.3 is 0 Å². The zero-order chi connectivity index (χ0) is 12.8. The van der Waals surface area contributed by atoms with E-state index in [4.69, 9.17) is 5.73 Å². The molecule has 3 atom stereocenters. The summed E-state index contributed by atoms with van der Waals surface area (Å²) in [6.07, 6.45) is 6.32. The van der Waals surface area contributed by atoms with E-state index in [-0.39, 0.29) is 11.9 Å². The van der Waals surface area contributed by atoms with Crippen LogP contribution in [0.3, 0.4) is 0 Å². The number of amides is 1. The molecule has 17 heavy (non-hydrogen) atoms. The highest BCUT2D eigenvalue weighted by molar-refractivity contribution is 5.76. The Labute approximate surface area is 106 Å². The van der Waals surface area contributed by atoms with Crippen LogP contribution in [0.1, 0.15) is 59.3 Å². The molecule has 0 bridgehead atoms. The van der Waals surface area contributed by atoms with Gasteiger partial charge in [0.25, 0.3) is 0 Å². The summed E-state index contributed by atoms with van der Waals surface area (Å²) >= 11 is 0. The summed E-state index contributed by atoms with van der Waals surface area (Å²) in [6, 6.07) is 0.511. The fraction of sp³-hybridized carbons (Fsp3) is 0.929. The van der Waals surface area contributed by atoms with Gasteiger partial charge in [0.15, 0.2) is 0 Å². The van der Waals surface area contributed by atoms with Gasteiger partial charge in [-0.2, -0.15) is 0 Å². The molecular formula is C14H28N2O. The average Bonchev–Trinajstić information content (AvgIpc) is 2.27. The predicted octanol–water partition coefficient (Wildman–Crippen LogP) is 2.44. The molecule has 0 saturated heterocycles. The van der Waals surface area contributed by atoms with E-state index in [9.17, 15) is 4.79 Å². The van der Waals surface area contributed by atoms with Gasteiger partial charge < -0.3 is 11.1 Å². The maximum atomic E-state index is 11.8. The first-order valence-corrected chi connectivity index (χ1v) is 7.05. The highest BCUT2D eigenvalue weighted by atomic mass is 16.1. The molecule has 3 N–H and O–H groups in total. The first-order chi connectivity index (χ1) is 8.00. The van der Waals surface area contributed by atoms with Crippen molar-refractivity contribution in [2.24, 2.45) is 17.6 Å². The molecule has 3 unspecified atom stereocenters. The number of nitrogens with one attached hydrogen (secondary N) is 1. The highest BCUT2D eigenvalue weighted by Crippen LogP contribution is 2.30. The van der Waals surface area contributed by atoms with Crippen molar-refractivity contribution in [2.45, 2.75) is 71.4 Å². The maximum absolute atomic E-state index is 11.8. The second kappa shape index (κ2) is 7.00. The molecule has 1 fully saturated rings. The largest absolute Gasteiger partial charge is 0.353 e. The van der Waals surface area contributed by atoms with Crippen LogP contribution in [-0.2, 0) is 4.79 Å². The van der Waals surface area contributed by atoms with E-state index in [1.165, 1.54) is 19.3 Å². The lowest BCUT2D eigenvalue weighted by molar-refractivity contribution is -0.122. The minimum Gasteiger partial charge on any atom is -0.353 e. The predicted molar refractivity (Wildman–Crippen MR) is 71.6 cm³/mol. The third kappa shape index (κ3) is 5.07. The standard InChI is InChI=1S/C14H28N2O/c1-10(2)12-6-4-5-7-13(12)16-14(17)9-8-11(3)15/h10-13H,4-9,15H2,1-3H3,(H,16,17). The Hall–Kier alpha value is -0.570. The van der Waals surface area contributed by atoms with Gasteiger partial charge in [0.05, 0.1) is 0 Å². The first kappa shape index (κ1) is 14.5. The topological polar surface area (TPSA) is 55.1 Å². The molecule has 1 amide bonds. The van der Waals surface area contributed by atoms with E-state index in [0.29, 0.717) is 24.3 Å². The molecule has 1 aliphatic carbocycles. The summed E-state index contributed by atoms with van der Waals surface area (Å²) < 4.78 is 0. The Morgan fingerprint density at radius 2 is 1.94 bits per heavy atom. The Kier molecular flexibility index (Phi) is 5.96. The fourth-order valence-corrected chi connectivity index (χ4v) is 2.77. The van der Waals surface area contributed by atoms with Crippen molar-refractivity contribution in [2.75, 3.05) is 0 Å². The molecule has 0 heterocycles. The number of nitrogens with two attached hydrogens (primary N) is 1. The molecule has 0 aromatic heterocycles. The van der Waals surface area contributed by atoms with Crippen molar-refractivity contribution in [3.05, 3.63) is 0 Å². The third-order valence-electron chi connectivity index (χ3n) is 3.85. The van der Waals surface area contributed by atoms with E-state index >= 15 is 0 Å². The lowest BCUT2D eigenvalue weighted by Gasteiger charge is -2.35. The number of rotatable bonds is 5. The summed E-state index contributed by atoms with van der Waals surface area (Å²) in [6.45, 7) is 6.47. The average molecular weight is 240 g/mol. The van der Waals surface area contributed by atoms with E-state index in [1.807, 2.05) is 6.92 Å². The van der Waals surface area contributed by atoms with Gasteiger partial charge in [-0.25, -0.2) is 0 Å². The summed E-state index contributed by atoms with van der Waals surface area (Å²) in [5.41, 5.74) is 5.67. The van der Waals surface area contributed by atoms with Gasteiger partial charge in [0.1, 0.15) is 0 Å². The normalized spacial score (nSPS) is 26.9. The Balaban J connectivity index is 2.39. The number of carbonyl (C=O) groups is 1. The summed E-state index contributed by atoms with van der Waals surface area (Å²) in [5.74, 6) is 1.50. The van der Waals surface area contributed by atoms with Crippen LogP contribution in [0.25, 0.3) is 0 Å². The third-order valence-corrected chi connectivity index (χ3v) is 3.85. The van der Waals surface area contributed by atoms with Crippen molar-refractivity contribution in [1.82, 2.24) is 5.32 Å². The second-order valence-corrected chi connectivity index (χ2v) is 5.88. The minimum absolute atomic E-state index is 0.119. The second-order valence-electron chi connectivity index (χ2n) is 5.88. The number of hydrogen-bond donors (Lipinski definition) is 2. The van der Waals surface area contributed by atoms with Crippen LogP contribution >= 0.6 is 0 Å². The van der Waals surface area contributed by atoms with E-state index in [2.05, 4.69) is 19.2 Å². The molecule has 0 spiro atoms.